The third kappa shape index (κ3) is 4.94. The van der Waals surface area contributed by atoms with E-state index >= 15 is 0 Å². The van der Waals surface area contributed by atoms with Crippen LogP contribution in [0.15, 0.2) is 18.2 Å². The van der Waals surface area contributed by atoms with Crippen LogP contribution in [0, 0.1) is 0 Å². The molecule has 0 bridgehead atoms. The van der Waals surface area contributed by atoms with E-state index in [0.29, 0.717) is 12.1 Å². The second kappa shape index (κ2) is 4.86. The van der Waals surface area contributed by atoms with Crippen LogP contribution in [-0.2, 0) is 0 Å². The highest BCUT2D eigenvalue weighted by atomic mass is 19.4. The van der Waals surface area contributed by atoms with Crippen LogP contribution in [0.2, 0.25) is 0 Å². The summed E-state index contributed by atoms with van der Waals surface area (Å²) in [4.78, 5) is 10.6. The zero-order chi connectivity index (χ0) is 14.8. The number of rotatable bonds is 3. The zero-order valence-electron chi connectivity index (χ0n) is 8.67. The van der Waals surface area contributed by atoms with Crippen LogP contribution in [0.1, 0.15) is 10.4 Å². The minimum absolute atomic E-state index is 0.185. The van der Waals surface area contributed by atoms with E-state index in [2.05, 4.69) is 9.47 Å². The highest BCUT2D eigenvalue weighted by Crippen LogP contribution is 2.32. The molecule has 0 heterocycles. The molecule has 0 spiro atoms. The lowest BCUT2D eigenvalue weighted by Gasteiger charge is -2.14. The number of aromatic carboxylic acids is 1. The molecule has 1 N–H and O–H groups in total. The lowest BCUT2D eigenvalue weighted by Crippen LogP contribution is -2.20. The minimum Gasteiger partial charge on any atom is -0.478 e. The second-order valence-corrected chi connectivity index (χ2v) is 3.06. The van der Waals surface area contributed by atoms with Crippen LogP contribution in [0.4, 0.5) is 26.3 Å². The molecule has 0 atom stereocenters. The van der Waals surface area contributed by atoms with Gasteiger partial charge in [-0.25, -0.2) is 4.79 Å². The van der Waals surface area contributed by atoms with E-state index in [1.165, 1.54) is 0 Å². The first-order valence-corrected chi connectivity index (χ1v) is 4.37. The lowest BCUT2D eigenvalue weighted by atomic mass is 10.2. The van der Waals surface area contributed by atoms with Gasteiger partial charge < -0.3 is 14.6 Å². The standard InChI is InChI=1S/C9H4F6O4/c10-8(11,12)18-4-1-2-5(7(16)17)6(3-4)19-9(13,14)15/h1-3H,(H,16,17). The first-order valence-electron chi connectivity index (χ1n) is 4.37. The normalized spacial score (nSPS) is 12.1. The molecule has 0 saturated heterocycles. The van der Waals surface area contributed by atoms with Crippen LogP contribution in [0.3, 0.4) is 0 Å². The molecule has 0 fully saturated rings. The zero-order valence-corrected chi connectivity index (χ0v) is 8.67. The van der Waals surface area contributed by atoms with Crippen molar-refractivity contribution in [2.24, 2.45) is 0 Å². The van der Waals surface area contributed by atoms with E-state index < -0.39 is 35.8 Å². The van der Waals surface area contributed by atoms with Crippen LogP contribution in [0.25, 0.3) is 0 Å². The fourth-order valence-corrected chi connectivity index (χ4v) is 1.09. The van der Waals surface area contributed by atoms with Gasteiger partial charge in [0.1, 0.15) is 17.1 Å². The van der Waals surface area contributed by atoms with Crippen molar-refractivity contribution in [3.05, 3.63) is 23.8 Å². The Labute approximate surface area is 101 Å². The van der Waals surface area contributed by atoms with Crippen molar-refractivity contribution in [3.63, 3.8) is 0 Å². The summed E-state index contributed by atoms with van der Waals surface area (Å²) in [5.74, 6) is -4.13. The summed E-state index contributed by atoms with van der Waals surface area (Å²) in [6.45, 7) is 0. The van der Waals surface area contributed by atoms with Gasteiger partial charge in [-0.2, -0.15) is 0 Å². The van der Waals surface area contributed by atoms with E-state index in [4.69, 9.17) is 5.11 Å². The van der Waals surface area contributed by atoms with E-state index in [-0.39, 0.29) is 6.07 Å². The van der Waals surface area contributed by atoms with E-state index in [0.717, 1.165) is 0 Å². The number of halogens is 6. The number of alkyl halides is 6. The average molecular weight is 290 g/mol. The molecule has 0 aromatic heterocycles. The number of ether oxygens (including phenoxy) is 2. The van der Waals surface area contributed by atoms with Gasteiger partial charge in [0, 0.05) is 6.07 Å². The smallest absolute Gasteiger partial charge is 0.478 e. The van der Waals surface area contributed by atoms with E-state index in [1.807, 2.05) is 0 Å². The predicted octanol–water partition coefficient (Wildman–Crippen LogP) is 3.18. The van der Waals surface area contributed by atoms with Crippen LogP contribution < -0.4 is 9.47 Å². The first kappa shape index (κ1) is 14.9. The van der Waals surface area contributed by atoms with Crippen molar-refractivity contribution in [2.45, 2.75) is 12.7 Å². The topological polar surface area (TPSA) is 55.8 Å². The maximum atomic E-state index is 12.0. The molecule has 106 valence electrons. The summed E-state index contributed by atoms with van der Waals surface area (Å²) >= 11 is 0. The number of carbonyl (C=O) groups is 1. The lowest BCUT2D eigenvalue weighted by molar-refractivity contribution is -0.276. The molecule has 0 aliphatic rings. The Morgan fingerprint density at radius 2 is 1.53 bits per heavy atom. The molecule has 0 saturated carbocycles. The number of benzene rings is 1. The predicted molar refractivity (Wildman–Crippen MR) is 46.8 cm³/mol. The molecule has 1 aromatic rings. The minimum atomic E-state index is -5.25. The van der Waals surface area contributed by atoms with Crippen LogP contribution in [0.5, 0.6) is 11.5 Å². The molecule has 10 heteroatoms. The van der Waals surface area contributed by atoms with Crippen molar-refractivity contribution in [1.29, 1.82) is 0 Å². The molecule has 0 unspecified atom stereocenters. The summed E-state index contributed by atoms with van der Waals surface area (Å²) in [7, 11) is 0. The highest BCUT2D eigenvalue weighted by Gasteiger charge is 2.35. The number of carboxylic acid groups (broad SMARTS) is 1. The van der Waals surface area contributed by atoms with Crippen molar-refractivity contribution in [3.8, 4) is 11.5 Å². The summed E-state index contributed by atoms with van der Waals surface area (Å²) in [6.07, 6.45) is -10.4. The third-order valence-corrected chi connectivity index (χ3v) is 1.64. The largest absolute Gasteiger partial charge is 0.573 e. The SMILES string of the molecule is O=C(O)c1ccc(OC(F)(F)F)cc1OC(F)(F)F. The van der Waals surface area contributed by atoms with Crippen LogP contribution >= 0.6 is 0 Å². The van der Waals surface area contributed by atoms with Gasteiger partial charge in [-0.1, -0.05) is 0 Å². The van der Waals surface area contributed by atoms with Crippen molar-refractivity contribution in [2.75, 3.05) is 0 Å². The maximum absolute atomic E-state index is 12.0. The van der Waals surface area contributed by atoms with Crippen molar-refractivity contribution < 1.29 is 45.7 Å². The summed E-state index contributed by atoms with van der Waals surface area (Å²) in [5.41, 5.74) is -0.952. The van der Waals surface area contributed by atoms with E-state index in [1.54, 1.807) is 0 Å². The molecule has 19 heavy (non-hydrogen) atoms. The highest BCUT2D eigenvalue weighted by molar-refractivity contribution is 5.91. The van der Waals surface area contributed by atoms with Gasteiger partial charge in [-0.3, -0.25) is 0 Å². The molecule has 1 rings (SSSR count). The van der Waals surface area contributed by atoms with Gasteiger partial charge in [-0.15, -0.1) is 26.3 Å². The van der Waals surface area contributed by atoms with Gasteiger partial charge in [0.25, 0.3) is 0 Å². The fourth-order valence-electron chi connectivity index (χ4n) is 1.09. The monoisotopic (exact) mass is 290 g/mol. The number of hydrogen-bond donors (Lipinski definition) is 1. The Morgan fingerprint density at radius 1 is 1.00 bits per heavy atom. The molecule has 4 nitrogen and oxygen atoms in total. The van der Waals surface area contributed by atoms with Crippen molar-refractivity contribution in [1.82, 2.24) is 0 Å². The quantitative estimate of drug-likeness (QED) is 0.869. The third-order valence-electron chi connectivity index (χ3n) is 1.64. The summed E-state index contributed by atoms with van der Waals surface area (Å²) in [5, 5.41) is 8.58. The first-order chi connectivity index (χ1) is 8.48. The molecule has 0 aliphatic carbocycles. The molecule has 0 amide bonds. The average Bonchev–Trinajstić information content (AvgIpc) is 2.11. The molecule has 1 aromatic carbocycles. The van der Waals surface area contributed by atoms with Gasteiger partial charge in [0.2, 0.25) is 0 Å². The van der Waals surface area contributed by atoms with E-state index in [9.17, 15) is 31.1 Å². The molecule has 0 aliphatic heterocycles. The molecular formula is C9H4F6O4. The van der Waals surface area contributed by atoms with Gasteiger partial charge in [0.15, 0.2) is 0 Å². The van der Waals surface area contributed by atoms with Crippen LogP contribution in [-0.4, -0.2) is 23.8 Å². The van der Waals surface area contributed by atoms with Gasteiger partial charge in [0.05, 0.1) is 0 Å². The Bertz CT molecular complexity index is 479. The van der Waals surface area contributed by atoms with Crippen molar-refractivity contribution >= 4 is 5.97 Å². The fraction of sp³-hybridized carbons (Fsp3) is 0.222. The number of carboxylic acids is 1. The summed E-state index contributed by atoms with van der Waals surface area (Å²) < 4.78 is 78.2. The molecular weight excluding hydrogens is 286 g/mol. The Hall–Kier alpha value is -2.13. The Kier molecular flexibility index (Phi) is 3.82. The van der Waals surface area contributed by atoms with Gasteiger partial charge >= 0.3 is 18.7 Å². The summed E-state index contributed by atoms with van der Waals surface area (Å²) in [6, 6.07) is 1.25. The Balaban J connectivity index is 3.15. The Morgan fingerprint density at radius 3 is 1.95 bits per heavy atom. The molecule has 0 radical (unpaired) electrons. The second-order valence-electron chi connectivity index (χ2n) is 3.06. The van der Waals surface area contributed by atoms with Gasteiger partial charge in [-0.05, 0) is 12.1 Å². The maximum Gasteiger partial charge on any atom is 0.573 e. The number of hydrogen-bond acceptors (Lipinski definition) is 3.